The lowest BCUT2D eigenvalue weighted by atomic mass is 10.0. The molecule has 0 spiro atoms. The fraction of sp³-hybridized carbons (Fsp3) is 0.0500. The Kier molecular flexibility index (Phi) is 3.65. The fourth-order valence-electron chi connectivity index (χ4n) is 3.24. The van der Waals surface area contributed by atoms with E-state index in [1.165, 1.54) is 28.6 Å². The second-order valence-electron chi connectivity index (χ2n) is 6.12. The molecule has 0 amide bonds. The van der Waals surface area contributed by atoms with E-state index in [2.05, 4.69) is 23.5 Å². The van der Waals surface area contributed by atoms with Crippen LogP contribution in [0.2, 0.25) is 0 Å². The molecule has 4 rings (SSSR count). The van der Waals surface area contributed by atoms with Gasteiger partial charge >= 0.3 is 0 Å². The highest BCUT2D eigenvalue weighted by Gasteiger charge is 2.16. The van der Waals surface area contributed by atoms with Crippen LogP contribution >= 0.6 is 0 Å². The van der Waals surface area contributed by atoms with E-state index in [1.54, 1.807) is 24.1 Å². The highest BCUT2D eigenvalue weighted by Crippen LogP contribution is 2.36. The highest BCUT2D eigenvalue weighted by atomic mass is 16.6. The predicted octanol–water partition coefficient (Wildman–Crippen LogP) is 4.71. The topological polar surface area (TPSA) is 82.3 Å². The van der Waals surface area contributed by atoms with Crippen molar-refractivity contribution in [1.82, 2.24) is 0 Å². The van der Waals surface area contributed by atoms with Crippen molar-refractivity contribution in [1.29, 1.82) is 5.41 Å². The van der Waals surface area contributed by atoms with Crippen molar-refractivity contribution in [3.05, 3.63) is 75.8 Å². The second-order valence-corrected chi connectivity index (χ2v) is 6.12. The normalized spacial score (nSPS) is 11.6. The van der Waals surface area contributed by atoms with Crippen molar-refractivity contribution in [3.63, 3.8) is 0 Å². The monoisotopic (exact) mass is 344 g/mol. The summed E-state index contributed by atoms with van der Waals surface area (Å²) < 4.78 is 0. The number of nitro benzene ring substituents is 1. The zero-order chi connectivity index (χ0) is 18.3. The maximum Gasteiger partial charge on any atom is 0.271 e. The molecule has 6 heteroatoms. The second kappa shape index (κ2) is 6.00. The number of hydrogen-bond donors (Lipinski definition) is 2. The molecule has 6 nitrogen and oxygen atoms in total. The standard InChI is InChI=1S/C20H16N4O2/c1-23(20(21)22-15-5-3-6-16(12-15)24(25)26)18-11-10-14-9-8-13-4-2-7-17(18)19(13)14/h2-12H,1H3,(H2,21,22). The van der Waals surface area contributed by atoms with Crippen LogP contribution in [-0.2, 0) is 0 Å². The third-order valence-corrected chi connectivity index (χ3v) is 4.54. The quantitative estimate of drug-likeness (QED) is 0.244. The number of nitrogens with zero attached hydrogens (tertiary/aromatic N) is 2. The lowest BCUT2D eigenvalue weighted by Crippen LogP contribution is -2.32. The molecular weight excluding hydrogens is 328 g/mol. The minimum Gasteiger partial charge on any atom is -0.326 e. The van der Waals surface area contributed by atoms with Gasteiger partial charge in [-0.2, -0.15) is 0 Å². The maximum atomic E-state index is 10.9. The molecule has 1 aliphatic carbocycles. The lowest BCUT2D eigenvalue weighted by Gasteiger charge is -2.23. The third-order valence-electron chi connectivity index (χ3n) is 4.54. The van der Waals surface area contributed by atoms with Crippen LogP contribution in [0.3, 0.4) is 0 Å². The van der Waals surface area contributed by atoms with Crippen molar-refractivity contribution < 1.29 is 4.92 Å². The Morgan fingerprint density at radius 3 is 2.58 bits per heavy atom. The van der Waals surface area contributed by atoms with Crippen molar-refractivity contribution in [3.8, 4) is 0 Å². The summed E-state index contributed by atoms with van der Waals surface area (Å²) in [7, 11) is 1.80. The van der Waals surface area contributed by atoms with Crippen LogP contribution in [0, 0.1) is 15.5 Å². The van der Waals surface area contributed by atoms with Gasteiger partial charge in [-0.15, -0.1) is 0 Å². The van der Waals surface area contributed by atoms with Crippen LogP contribution in [0.15, 0.2) is 54.6 Å². The van der Waals surface area contributed by atoms with Crippen LogP contribution in [0.1, 0.15) is 11.1 Å². The molecule has 0 bridgehead atoms. The Morgan fingerprint density at radius 1 is 1.08 bits per heavy atom. The third kappa shape index (κ3) is 2.57. The lowest BCUT2D eigenvalue weighted by molar-refractivity contribution is -0.384. The van der Waals surface area contributed by atoms with Gasteiger partial charge in [-0.3, -0.25) is 15.5 Å². The summed E-state index contributed by atoms with van der Waals surface area (Å²) in [5.74, 6) is 0.136. The number of hydrogen-bond acceptors (Lipinski definition) is 3. The Morgan fingerprint density at radius 2 is 1.81 bits per heavy atom. The zero-order valence-electron chi connectivity index (χ0n) is 14.1. The first-order valence-corrected chi connectivity index (χ1v) is 8.12. The van der Waals surface area contributed by atoms with E-state index in [9.17, 15) is 10.1 Å². The van der Waals surface area contributed by atoms with Gasteiger partial charge in [0, 0.05) is 30.3 Å². The molecule has 0 unspecified atom stereocenters. The summed E-state index contributed by atoms with van der Waals surface area (Å²) in [6.07, 6.45) is 4.18. The Balaban J connectivity index is 1.65. The molecular formula is C20H16N4O2. The Hall–Kier alpha value is -3.67. The molecule has 1 aliphatic rings. The van der Waals surface area contributed by atoms with E-state index in [1.807, 2.05) is 24.3 Å². The van der Waals surface area contributed by atoms with E-state index in [-0.39, 0.29) is 11.6 Å². The van der Waals surface area contributed by atoms with Gasteiger partial charge in [0.25, 0.3) is 5.69 Å². The van der Waals surface area contributed by atoms with Crippen molar-refractivity contribution in [2.24, 2.45) is 0 Å². The molecule has 0 aromatic heterocycles. The minimum atomic E-state index is -0.450. The Bertz CT molecular complexity index is 1080. The molecule has 0 heterocycles. The maximum absolute atomic E-state index is 10.9. The molecule has 128 valence electrons. The van der Waals surface area contributed by atoms with Gasteiger partial charge in [0.05, 0.1) is 10.6 Å². The van der Waals surface area contributed by atoms with Crippen LogP contribution < -0.4 is 10.2 Å². The number of anilines is 2. The summed E-state index contributed by atoms with van der Waals surface area (Å²) in [6.45, 7) is 0. The molecule has 0 radical (unpaired) electrons. The van der Waals surface area contributed by atoms with Gasteiger partial charge in [0.1, 0.15) is 0 Å². The number of guanidine groups is 1. The average Bonchev–Trinajstić information content (AvgIpc) is 3.07. The van der Waals surface area contributed by atoms with Crippen molar-refractivity contribution >= 4 is 45.9 Å². The summed E-state index contributed by atoms with van der Waals surface area (Å²) in [4.78, 5) is 12.2. The van der Waals surface area contributed by atoms with Gasteiger partial charge in [0.2, 0.25) is 0 Å². The van der Waals surface area contributed by atoms with Crippen LogP contribution in [0.4, 0.5) is 17.1 Å². The molecule has 0 atom stereocenters. The largest absolute Gasteiger partial charge is 0.326 e. The molecule has 0 aliphatic heterocycles. The van der Waals surface area contributed by atoms with Gasteiger partial charge in [0.15, 0.2) is 5.96 Å². The zero-order valence-corrected chi connectivity index (χ0v) is 14.1. The first kappa shape index (κ1) is 15.8. The van der Waals surface area contributed by atoms with Gasteiger partial charge < -0.3 is 10.2 Å². The first-order chi connectivity index (χ1) is 12.5. The van der Waals surface area contributed by atoms with E-state index in [4.69, 9.17) is 5.41 Å². The number of benzene rings is 3. The molecule has 3 aromatic carbocycles. The van der Waals surface area contributed by atoms with Gasteiger partial charge in [-0.25, -0.2) is 0 Å². The van der Waals surface area contributed by atoms with Crippen LogP contribution in [0.25, 0.3) is 22.9 Å². The SMILES string of the molecule is CN(C(=N)Nc1cccc([N+](=O)[O-])c1)c1ccc2c3c(cccc13)C=C2. The average molecular weight is 344 g/mol. The minimum absolute atomic E-state index is 0.0122. The first-order valence-electron chi connectivity index (χ1n) is 8.12. The number of non-ortho nitro benzene ring substituents is 1. The molecule has 0 saturated heterocycles. The van der Waals surface area contributed by atoms with Crippen LogP contribution in [0.5, 0.6) is 0 Å². The van der Waals surface area contributed by atoms with E-state index in [0.717, 1.165) is 11.1 Å². The van der Waals surface area contributed by atoms with E-state index < -0.39 is 4.92 Å². The van der Waals surface area contributed by atoms with Crippen LogP contribution in [-0.4, -0.2) is 17.9 Å². The molecule has 0 fully saturated rings. The molecule has 2 N–H and O–H groups in total. The highest BCUT2D eigenvalue weighted by molar-refractivity contribution is 6.14. The van der Waals surface area contributed by atoms with Gasteiger partial charge in [-0.05, 0) is 28.6 Å². The fourth-order valence-corrected chi connectivity index (χ4v) is 3.24. The predicted molar refractivity (Wildman–Crippen MR) is 106 cm³/mol. The molecule has 3 aromatic rings. The smallest absolute Gasteiger partial charge is 0.271 e. The summed E-state index contributed by atoms with van der Waals surface area (Å²) in [5.41, 5.74) is 3.74. The Labute approximate surface area is 150 Å². The summed E-state index contributed by atoms with van der Waals surface area (Å²) in [6, 6.07) is 16.3. The number of nitrogens with one attached hydrogen (secondary N) is 2. The summed E-state index contributed by atoms with van der Waals surface area (Å²) >= 11 is 0. The van der Waals surface area contributed by atoms with Gasteiger partial charge in [-0.1, -0.05) is 42.5 Å². The van der Waals surface area contributed by atoms with Crippen molar-refractivity contribution in [2.75, 3.05) is 17.3 Å². The van der Waals surface area contributed by atoms with Crippen molar-refractivity contribution in [2.45, 2.75) is 0 Å². The molecule has 26 heavy (non-hydrogen) atoms. The van der Waals surface area contributed by atoms with E-state index in [0.29, 0.717) is 5.69 Å². The molecule has 0 saturated carbocycles. The number of nitro groups is 1. The number of rotatable bonds is 3. The summed E-state index contributed by atoms with van der Waals surface area (Å²) in [5, 5.41) is 24.5. The van der Waals surface area contributed by atoms with E-state index >= 15 is 0 Å².